The molecule has 0 atom stereocenters. The van der Waals surface area contributed by atoms with Crippen LogP contribution in [-0.2, 0) is 12.5 Å². The summed E-state index contributed by atoms with van der Waals surface area (Å²) in [7, 11) is 0. The van der Waals surface area contributed by atoms with Gasteiger partial charge >= 0.3 is 0 Å². The second-order valence-electron chi connectivity index (χ2n) is 1.83. The molecule has 0 amide bonds. The van der Waals surface area contributed by atoms with Gasteiger partial charge < -0.3 is 18.3 Å². The van der Waals surface area contributed by atoms with Crippen LogP contribution in [0.15, 0.2) is 0 Å². The molecule has 0 aliphatic heterocycles. The van der Waals surface area contributed by atoms with Gasteiger partial charge in [0.1, 0.15) is 23.0 Å². The van der Waals surface area contributed by atoms with E-state index < -0.39 is 0 Å². The van der Waals surface area contributed by atoms with Crippen LogP contribution < -0.4 is 5.73 Å². The van der Waals surface area contributed by atoms with E-state index in [1.165, 1.54) is 0 Å². The van der Waals surface area contributed by atoms with Crippen molar-refractivity contribution in [3.8, 4) is 0 Å². The minimum atomic E-state index is 0.566. The Balaban J connectivity index is 2.69. The van der Waals surface area contributed by atoms with E-state index in [0.717, 1.165) is 0 Å². The average molecular weight is 275 g/mol. The zero-order chi connectivity index (χ0) is 8.36. The highest BCUT2D eigenvalue weighted by atomic mass is 127. The Bertz CT molecular complexity index is 66.8. The van der Waals surface area contributed by atoms with Gasteiger partial charge in [-0.25, -0.2) is 0 Å². The van der Waals surface area contributed by atoms with Crippen LogP contribution in [0.2, 0.25) is 0 Å². The van der Waals surface area contributed by atoms with Crippen molar-refractivity contribution in [2.24, 2.45) is 5.73 Å². The monoisotopic (exact) mass is 275 g/mol. The van der Waals surface area contributed by atoms with Gasteiger partial charge in [0.25, 0.3) is 0 Å². The summed E-state index contributed by atoms with van der Waals surface area (Å²) < 4.78 is 14.9. The minimum Gasteiger partial charge on any atom is -0.378 e. The van der Waals surface area contributed by atoms with Crippen molar-refractivity contribution in [3.63, 3.8) is 0 Å². The SMILES string of the molecule is NCCOCCOCCOI. The fraction of sp³-hybridized carbons (Fsp3) is 1.00. The Hall–Kier alpha value is 0.570. The highest BCUT2D eigenvalue weighted by Crippen LogP contribution is 1.85. The maximum Gasteiger partial charge on any atom is 0.109 e. The summed E-state index contributed by atoms with van der Waals surface area (Å²) in [5.41, 5.74) is 5.20. The summed E-state index contributed by atoms with van der Waals surface area (Å²) >= 11 is 1.83. The number of hydrogen-bond donors (Lipinski definition) is 1. The Kier molecular flexibility index (Phi) is 11.1. The second-order valence-corrected chi connectivity index (χ2v) is 2.45. The summed E-state index contributed by atoms with van der Waals surface area (Å²) in [6, 6.07) is 0. The molecule has 11 heavy (non-hydrogen) atoms. The van der Waals surface area contributed by atoms with Crippen LogP contribution in [0.3, 0.4) is 0 Å². The van der Waals surface area contributed by atoms with Gasteiger partial charge in [0.05, 0.1) is 33.0 Å². The molecule has 0 bridgehead atoms. The van der Waals surface area contributed by atoms with Crippen LogP contribution in [0.4, 0.5) is 0 Å². The molecular weight excluding hydrogens is 261 g/mol. The highest BCUT2D eigenvalue weighted by molar-refractivity contribution is 14.1. The van der Waals surface area contributed by atoms with E-state index in [1.807, 2.05) is 23.0 Å². The van der Waals surface area contributed by atoms with Crippen LogP contribution >= 0.6 is 23.0 Å². The van der Waals surface area contributed by atoms with Crippen molar-refractivity contribution in [1.82, 2.24) is 0 Å². The Morgan fingerprint density at radius 1 is 0.909 bits per heavy atom. The van der Waals surface area contributed by atoms with Gasteiger partial charge in [0, 0.05) is 6.54 Å². The topological polar surface area (TPSA) is 53.7 Å². The lowest BCUT2D eigenvalue weighted by molar-refractivity contribution is 0.0433. The van der Waals surface area contributed by atoms with E-state index in [4.69, 9.17) is 18.3 Å². The van der Waals surface area contributed by atoms with Crippen molar-refractivity contribution >= 4 is 23.0 Å². The zero-order valence-corrected chi connectivity index (χ0v) is 8.58. The molecule has 68 valence electrons. The maximum atomic E-state index is 5.20. The van der Waals surface area contributed by atoms with Crippen LogP contribution in [0.1, 0.15) is 0 Å². The third-order valence-electron chi connectivity index (χ3n) is 0.939. The Morgan fingerprint density at radius 3 is 2.00 bits per heavy atom. The lowest BCUT2D eigenvalue weighted by atomic mass is 10.7. The average Bonchev–Trinajstić information content (AvgIpc) is 2.03. The number of nitrogens with two attached hydrogens (primary N) is 1. The summed E-state index contributed by atoms with van der Waals surface area (Å²) in [5.74, 6) is 0. The third-order valence-corrected chi connectivity index (χ3v) is 1.38. The van der Waals surface area contributed by atoms with Crippen LogP contribution in [0.25, 0.3) is 0 Å². The first-order valence-electron chi connectivity index (χ1n) is 3.51. The molecule has 0 aromatic carbocycles. The molecule has 0 radical (unpaired) electrons. The Labute approximate surface area is 81.1 Å². The predicted molar refractivity (Wildman–Crippen MR) is 50.7 cm³/mol. The molecule has 0 spiro atoms. The van der Waals surface area contributed by atoms with Crippen molar-refractivity contribution in [2.45, 2.75) is 0 Å². The maximum absolute atomic E-state index is 5.20. The first kappa shape index (κ1) is 11.6. The Morgan fingerprint density at radius 2 is 1.45 bits per heavy atom. The fourth-order valence-electron chi connectivity index (χ4n) is 0.496. The molecular formula is C6H14INO3. The summed E-state index contributed by atoms with van der Waals surface area (Å²) in [4.78, 5) is 0. The van der Waals surface area contributed by atoms with E-state index in [9.17, 15) is 0 Å². The first-order chi connectivity index (χ1) is 5.41. The molecule has 4 nitrogen and oxygen atoms in total. The van der Waals surface area contributed by atoms with Crippen LogP contribution in [0.5, 0.6) is 0 Å². The second kappa shape index (κ2) is 10.6. The minimum absolute atomic E-state index is 0.566. The molecule has 0 aliphatic carbocycles. The molecule has 0 unspecified atom stereocenters. The van der Waals surface area contributed by atoms with Gasteiger partial charge in [-0.3, -0.25) is 0 Å². The molecule has 5 heteroatoms. The van der Waals surface area contributed by atoms with Gasteiger partial charge in [-0.05, 0) is 0 Å². The van der Waals surface area contributed by atoms with Gasteiger partial charge in [-0.15, -0.1) is 0 Å². The lowest BCUT2D eigenvalue weighted by Crippen LogP contribution is -2.12. The fourth-order valence-corrected chi connectivity index (χ4v) is 0.676. The quantitative estimate of drug-likeness (QED) is 0.513. The predicted octanol–water partition coefficient (Wildman–Crippen LogP) is 0.345. The number of halogens is 1. The number of ether oxygens (including phenoxy) is 2. The molecule has 0 saturated carbocycles. The van der Waals surface area contributed by atoms with Crippen molar-refractivity contribution in [3.05, 3.63) is 0 Å². The molecule has 0 rings (SSSR count). The van der Waals surface area contributed by atoms with Gasteiger partial charge in [0.15, 0.2) is 0 Å². The van der Waals surface area contributed by atoms with Gasteiger partial charge in [-0.2, -0.15) is 0 Å². The van der Waals surface area contributed by atoms with Gasteiger partial charge in [0.2, 0.25) is 0 Å². The summed E-state index contributed by atoms with van der Waals surface area (Å²) in [5, 5.41) is 0. The molecule has 0 saturated heterocycles. The van der Waals surface area contributed by atoms with E-state index >= 15 is 0 Å². The first-order valence-corrected chi connectivity index (χ1v) is 4.39. The van der Waals surface area contributed by atoms with E-state index in [2.05, 4.69) is 0 Å². The van der Waals surface area contributed by atoms with Crippen LogP contribution in [-0.4, -0.2) is 39.6 Å². The van der Waals surface area contributed by atoms with E-state index in [0.29, 0.717) is 39.6 Å². The standard InChI is InChI=1S/C6H14INO3/c7-11-6-5-10-4-3-9-2-1-8/h1-6,8H2. The number of rotatable bonds is 8. The summed E-state index contributed by atoms with van der Waals surface area (Å²) in [6.07, 6.45) is 0. The zero-order valence-electron chi connectivity index (χ0n) is 6.42. The molecule has 0 aromatic rings. The van der Waals surface area contributed by atoms with E-state index in [1.54, 1.807) is 0 Å². The third kappa shape index (κ3) is 10.6. The summed E-state index contributed by atoms with van der Waals surface area (Å²) in [6.45, 7) is 3.63. The smallest absolute Gasteiger partial charge is 0.109 e. The molecule has 0 aromatic heterocycles. The van der Waals surface area contributed by atoms with Crippen molar-refractivity contribution in [2.75, 3.05) is 39.6 Å². The molecule has 2 N–H and O–H groups in total. The molecule has 0 fully saturated rings. The highest BCUT2D eigenvalue weighted by Gasteiger charge is 1.88. The van der Waals surface area contributed by atoms with Crippen molar-refractivity contribution < 1.29 is 12.5 Å². The van der Waals surface area contributed by atoms with Crippen LogP contribution in [0, 0.1) is 0 Å². The molecule has 0 aliphatic rings. The molecule has 0 heterocycles. The van der Waals surface area contributed by atoms with Crippen molar-refractivity contribution in [1.29, 1.82) is 0 Å². The van der Waals surface area contributed by atoms with Gasteiger partial charge in [-0.1, -0.05) is 0 Å². The normalized spacial score (nSPS) is 10.4. The number of hydrogen-bond acceptors (Lipinski definition) is 4. The largest absolute Gasteiger partial charge is 0.378 e. The van der Waals surface area contributed by atoms with E-state index in [-0.39, 0.29) is 0 Å². The lowest BCUT2D eigenvalue weighted by Gasteiger charge is -2.02.